The van der Waals surface area contributed by atoms with Crippen molar-refractivity contribution < 1.29 is 23.5 Å². The molecule has 0 bridgehead atoms. The molecule has 0 aliphatic carbocycles. The number of anilines is 2. The van der Waals surface area contributed by atoms with Crippen LogP contribution in [0.15, 0.2) is 102 Å². The maximum absolute atomic E-state index is 12.4. The van der Waals surface area contributed by atoms with E-state index < -0.39 is 0 Å². The second-order valence-corrected chi connectivity index (χ2v) is 7.78. The van der Waals surface area contributed by atoms with Crippen molar-refractivity contribution >= 4 is 23.2 Å². The van der Waals surface area contributed by atoms with Crippen LogP contribution in [-0.4, -0.2) is 31.6 Å². The maximum Gasteiger partial charge on any atom is 0.251 e. The van der Waals surface area contributed by atoms with E-state index in [4.69, 9.17) is 13.9 Å². The Labute approximate surface area is 209 Å². The summed E-state index contributed by atoms with van der Waals surface area (Å²) in [5.41, 5.74) is 1.80. The van der Waals surface area contributed by atoms with E-state index in [0.717, 1.165) is 5.75 Å². The third-order valence-corrected chi connectivity index (χ3v) is 5.08. The highest BCUT2D eigenvalue weighted by atomic mass is 16.5. The number of hydrogen-bond donors (Lipinski definition) is 3. The molecular formula is C28H27N3O5. The molecule has 0 atom stereocenters. The quantitative estimate of drug-likeness (QED) is 0.251. The monoisotopic (exact) mass is 485 g/mol. The highest BCUT2D eigenvalue weighted by Gasteiger charge is 2.08. The van der Waals surface area contributed by atoms with Gasteiger partial charge in [0, 0.05) is 16.9 Å². The minimum absolute atomic E-state index is 0.0482. The molecule has 4 aromatic rings. The topological polar surface area (TPSA) is 102 Å². The average molecular weight is 486 g/mol. The van der Waals surface area contributed by atoms with Crippen molar-refractivity contribution in [2.24, 2.45) is 0 Å². The summed E-state index contributed by atoms with van der Waals surface area (Å²) in [6.45, 7) is 1.19. The Morgan fingerprint density at radius 2 is 1.50 bits per heavy atom. The standard InChI is InChI=1S/C28H27N3O5/c32-27(20-29-23-7-4-6-21(18-23)28(33)30-19-26-10-5-15-34-26)31-22-11-13-25(14-12-22)36-17-16-35-24-8-2-1-3-9-24/h1-15,18,29H,16-17,19-20H2,(H,30,33)(H,31,32). The van der Waals surface area contributed by atoms with E-state index in [-0.39, 0.29) is 18.4 Å². The number of amides is 2. The molecule has 0 radical (unpaired) electrons. The molecule has 0 aliphatic heterocycles. The molecule has 3 N–H and O–H groups in total. The zero-order valence-electron chi connectivity index (χ0n) is 19.6. The number of furan rings is 1. The Balaban J connectivity index is 1.17. The Kier molecular flexibility index (Phi) is 8.58. The van der Waals surface area contributed by atoms with Crippen molar-refractivity contribution in [1.29, 1.82) is 0 Å². The van der Waals surface area contributed by atoms with Gasteiger partial charge in [-0.05, 0) is 66.7 Å². The minimum atomic E-state index is -0.228. The first-order chi connectivity index (χ1) is 17.7. The molecule has 0 spiro atoms. The SMILES string of the molecule is O=C(CNc1cccc(C(=O)NCc2ccco2)c1)Nc1ccc(OCCOc2ccccc2)cc1. The van der Waals surface area contributed by atoms with Crippen LogP contribution in [-0.2, 0) is 11.3 Å². The van der Waals surface area contributed by atoms with E-state index in [2.05, 4.69) is 16.0 Å². The van der Waals surface area contributed by atoms with Gasteiger partial charge in [0.2, 0.25) is 5.91 Å². The largest absolute Gasteiger partial charge is 0.490 e. The van der Waals surface area contributed by atoms with E-state index in [1.807, 2.05) is 30.3 Å². The first-order valence-electron chi connectivity index (χ1n) is 11.5. The summed E-state index contributed by atoms with van der Waals surface area (Å²) >= 11 is 0. The maximum atomic E-state index is 12.4. The molecule has 8 heteroatoms. The second kappa shape index (κ2) is 12.7. The van der Waals surface area contributed by atoms with Crippen molar-refractivity contribution in [2.75, 3.05) is 30.4 Å². The molecule has 0 saturated carbocycles. The summed E-state index contributed by atoms with van der Waals surface area (Å²) in [7, 11) is 0. The molecule has 0 aliphatic rings. The number of hydrogen-bond acceptors (Lipinski definition) is 6. The molecule has 2 amide bonds. The highest BCUT2D eigenvalue weighted by Crippen LogP contribution is 2.16. The van der Waals surface area contributed by atoms with Crippen LogP contribution in [0.2, 0.25) is 0 Å². The van der Waals surface area contributed by atoms with Crippen molar-refractivity contribution in [3.05, 3.63) is 109 Å². The minimum Gasteiger partial charge on any atom is -0.490 e. The lowest BCUT2D eigenvalue weighted by Gasteiger charge is -2.11. The van der Waals surface area contributed by atoms with Crippen molar-refractivity contribution in [1.82, 2.24) is 5.32 Å². The van der Waals surface area contributed by atoms with Crippen molar-refractivity contribution in [3.8, 4) is 11.5 Å². The Hall–Kier alpha value is -4.72. The Morgan fingerprint density at radius 3 is 2.22 bits per heavy atom. The van der Waals surface area contributed by atoms with Crippen LogP contribution in [0, 0.1) is 0 Å². The van der Waals surface area contributed by atoms with Crippen LogP contribution in [0.25, 0.3) is 0 Å². The second-order valence-electron chi connectivity index (χ2n) is 7.78. The van der Waals surface area contributed by atoms with E-state index in [1.165, 1.54) is 0 Å². The highest BCUT2D eigenvalue weighted by molar-refractivity contribution is 5.96. The molecule has 36 heavy (non-hydrogen) atoms. The van der Waals surface area contributed by atoms with Gasteiger partial charge in [0.05, 0.1) is 19.4 Å². The first-order valence-corrected chi connectivity index (χ1v) is 11.5. The van der Waals surface area contributed by atoms with Gasteiger partial charge in [-0.1, -0.05) is 24.3 Å². The zero-order chi connectivity index (χ0) is 25.0. The molecule has 184 valence electrons. The summed E-state index contributed by atoms with van der Waals surface area (Å²) in [6, 6.07) is 27.2. The number of carbonyl (C=O) groups excluding carboxylic acids is 2. The van der Waals surface area contributed by atoms with Gasteiger partial charge >= 0.3 is 0 Å². The summed E-state index contributed by atoms with van der Waals surface area (Å²) in [5.74, 6) is 1.71. The summed E-state index contributed by atoms with van der Waals surface area (Å²) in [6.07, 6.45) is 1.56. The lowest BCUT2D eigenvalue weighted by molar-refractivity contribution is -0.114. The molecule has 0 fully saturated rings. The average Bonchev–Trinajstić information content (AvgIpc) is 3.44. The zero-order valence-corrected chi connectivity index (χ0v) is 19.6. The van der Waals surface area contributed by atoms with Gasteiger partial charge in [-0.15, -0.1) is 0 Å². The normalized spacial score (nSPS) is 10.3. The number of rotatable bonds is 12. The van der Waals surface area contributed by atoms with Crippen molar-refractivity contribution in [2.45, 2.75) is 6.54 Å². The fraction of sp³-hybridized carbons (Fsp3) is 0.143. The smallest absolute Gasteiger partial charge is 0.251 e. The van der Waals surface area contributed by atoms with Gasteiger partial charge in [0.1, 0.15) is 30.5 Å². The number of ether oxygens (including phenoxy) is 2. The van der Waals surface area contributed by atoms with Crippen LogP contribution >= 0.6 is 0 Å². The molecule has 1 heterocycles. The third kappa shape index (κ3) is 7.66. The van der Waals surface area contributed by atoms with Crippen LogP contribution in [0.5, 0.6) is 11.5 Å². The fourth-order valence-corrected chi connectivity index (χ4v) is 3.31. The number of para-hydroxylation sites is 1. The molecule has 8 nitrogen and oxygen atoms in total. The Bertz CT molecular complexity index is 1240. The van der Waals surface area contributed by atoms with Crippen LogP contribution in [0.1, 0.15) is 16.1 Å². The Morgan fingerprint density at radius 1 is 0.750 bits per heavy atom. The van der Waals surface area contributed by atoms with Crippen LogP contribution < -0.4 is 25.4 Å². The molecule has 4 rings (SSSR count). The van der Waals surface area contributed by atoms with E-state index in [1.54, 1.807) is 66.9 Å². The van der Waals surface area contributed by atoms with Crippen LogP contribution in [0.4, 0.5) is 11.4 Å². The lowest BCUT2D eigenvalue weighted by Crippen LogP contribution is -2.23. The fourth-order valence-electron chi connectivity index (χ4n) is 3.31. The molecule has 3 aromatic carbocycles. The van der Waals surface area contributed by atoms with Gasteiger partial charge in [-0.3, -0.25) is 9.59 Å². The molecule has 0 unspecified atom stereocenters. The van der Waals surface area contributed by atoms with E-state index >= 15 is 0 Å². The van der Waals surface area contributed by atoms with Gasteiger partial charge < -0.3 is 29.8 Å². The number of carbonyl (C=O) groups is 2. The van der Waals surface area contributed by atoms with Gasteiger partial charge in [0.25, 0.3) is 5.91 Å². The van der Waals surface area contributed by atoms with E-state index in [9.17, 15) is 9.59 Å². The summed E-state index contributed by atoms with van der Waals surface area (Å²) in [4.78, 5) is 24.7. The predicted octanol–water partition coefficient (Wildman–Crippen LogP) is 4.72. The van der Waals surface area contributed by atoms with E-state index in [0.29, 0.717) is 48.2 Å². The van der Waals surface area contributed by atoms with Gasteiger partial charge in [-0.2, -0.15) is 0 Å². The lowest BCUT2D eigenvalue weighted by atomic mass is 10.2. The molecular weight excluding hydrogens is 458 g/mol. The van der Waals surface area contributed by atoms with Gasteiger partial charge in [-0.25, -0.2) is 0 Å². The number of benzene rings is 3. The summed E-state index contributed by atoms with van der Waals surface area (Å²) < 4.78 is 16.5. The third-order valence-electron chi connectivity index (χ3n) is 5.08. The van der Waals surface area contributed by atoms with Gasteiger partial charge in [0.15, 0.2) is 0 Å². The molecule has 1 aromatic heterocycles. The molecule has 0 saturated heterocycles. The number of nitrogens with one attached hydrogen (secondary N) is 3. The first kappa shape index (κ1) is 24.4. The van der Waals surface area contributed by atoms with Crippen molar-refractivity contribution in [3.63, 3.8) is 0 Å². The summed E-state index contributed by atoms with van der Waals surface area (Å²) in [5, 5.41) is 8.67. The predicted molar refractivity (Wildman–Crippen MR) is 137 cm³/mol. The van der Waals surface area contributed by atoms with Crippen LogP contribution in [0.3, 0.4) is 0 Å².